The molecule has 1 heterocycles. The van der Waals surface area contributed by atoms with Crippen molar-refractivity contribution in [1.82, 2.24) is 9.97 Å². The second kappa shape index (κ2) is 13.9. The number of aromatic nitrogens is 2. The number of hydrogen-bond donors (Lipinski definition) is 0. The molecule has 59 heavy (non-hydrogen) atoms. The summed E-state index contributed by atoms with van der Waals surface area (Å²) in [5, 5.41) is 4.69. The molecule has 278 valence electrons. The zero-order valence-corrected chi connectivity index (χ0v) is 33.0. The summed E-state index contributed by atoms with van der Waals surface area (Å²) < 4.78 is 0. The van der Waals surface area contributed by atoms with E-state index in [1.54, 1.807) is 0 Å². The van der Waals surface area contributed by atoms with Gasteiger partial charge >= 0.3 is 0 Å². The molecule has 0 radical (unpaired) electrons. The van der Waals surface area contributed by atoms with Gasteiger partial charge in [-0.05, 0) is 89.3 Å². The van der Waals surface area contributed by atoms with Crippen LogP contribution < -0.4 is 0 Å². The molecule has 11 rings (SSSR count). The molecule has 2 heteroatoms. The van der Waals surface area contributed by atoms with Crippen LogP contribution in [0.4, 0.5) is 0 Å². The van der Waals surface area contributed by atoms with E-state index in [9.17, 15) is 0 Å². The first kappa shape index (κ1) is 34.8. The smallest absolute Gasteiger partial charge is 0.160 e. The first-order chi connectivity index (χ1) is 29.0. The van der Waals surface area contributed by atoms with Gasteiger partial charge in [-0.3, -0.25) is 0 Å². The standard InChI is InChI=1S/C57H40N2/c1-57(2)51-27-11-10-24-50(51)55-45(25-14-28-52(55)57)42-20-12-19-41(35-42)44-33-34-49(47-23-9-8-22-46(44)47)54-36-53(48-26-13-18-39-17-6-7-21-43(39)48)58-56(59-54)40-31-29-38(30-32-40)37-15-4-3-5-16-37/h3-36H,1-2H3. The second-order valence-corrected chi connectivity index (χ2v) is 16.1. The monoisotopic (exact) mass is 752 g/mol. The average molecular weight is 753 g/mol. The van der Waals surface area contributed by atoms with E-state index in [1.165, 1.54) is 66.2 Å². The Morgan fingerprint density at radius 3 is 1.61 bits per heavy atom. The highest BCUT2D eigenvalue weighted by atomic mass is 14.9. The van der Waals surface area contributed by atoms with Gasteiger partial charge in [0.25, 0.3) is 0 Å². The van der Waals surface area contributed by atoms with E-state index in [4.69, 9.17) is 9.97 Å². The molecule has 0 unspecified atom stereocenters. The summed E-state index contributed by atoms with van der Waals surface area (Å²) in [6.07, 6.45) is 0. The topological polar surface area (TPSA) is 25.8 Å². The number of hydrogen-bond acceptors (Lipinski definition) is 2. The lowest BCUT2D eigenvalue weighted by atomic mass is 9.82. The quantitative estimate of drug-likeness (QED) is 0.169. The van der Waals surface area contributed by atoms with E-state index >= 15 is 0 Å². The van der Waals surface area contributed by atoms with E-state index in [1.807, 2.05) is 0 Å². The fourth-order valence-electron chi connectivity index (χ4n) is 9.37. The van der Waals surface area contributed by atoms with Gasteiger partial charge in [-0.2, -0.15) is 0 Å². The minimum Gasteiger partial charge on any atom is -0.228 e. The van der Waals surface area contributed by atoms with Crippen LogP contribution in [0, 0.1) is 0 Å². The summed E-state index contributed by atoms with van der Waals surface area (Å²) >= 11 is 0. The summed E-state index contributed by atoms with van der Waals surface area (Å²) in [5.41, 5.74) is 17.6. The second-order valence-electron chi connectivity index (χ2n) is 16.1. The Hall–Kier alpha value is -7.42. The molecule has 0 saturated carbocycles. The first-order valence-electron chi connectivity index (χ1n) is 20.4. The third kappa shape index (κ3) is 5.87. The molecule has 9 aromatic carbocycles. The molecule has 0 N–H and O–H groups in total. The molecular formula is C57H40N2. The van der Waals surface area contributed by atoms with Crippen LogP contribution in [0.1, 0.15) is 25.0 Å². The highest BCUT2D eigenvalue weighted by Crippen LogP contribution is 2.52. The minimum atomic E-state index is -0.0501. The van der Waals surface area contributed by atoms with Crippen molar-refractivity contribution in [2.75, 3.05) is 0 Å². The van der Waals surface area contributed by atoms with Gasteiger partial charge in [-0.15, -0.1) is 0 Å². The molecule has 1 aliphatic rings. The number of rotatable bonds is 6. The summed E-state index contributed by atoms with van der Waals surface area (Å²) in [4.78, 5) is 10.6. The highest BCUT2D eigenvalue weighted by molar-refractivity contribution is 6.06. The molecule has 0 atom stereocenters. The van der Waals surface area contributed by atoms with Gasteiger partial charge in [0.05, 0.1) is 11.4 Å². The highest BCUT2D eigenvalue weighted by Gasteiger charge is 2.36. The zero-order chi connectivity index (χ0) is 39.5. The molecule has 0 bridgehead atoms. The minimum absolute atomic E-state index is 0.0501. The fourth-order valence-corrected chi connectivity index (χ4v) is 9.37. The molecule has 0 aliphatic heterocycles. The van der Waals surface area contributed by atoms with Crippen LogP contribution in [0.5, 0.6) is 0 Å². The molecule has 0 amide bonds. The van der Waals surface area contributed by atoms with E-state index < -0.39 is 0 Å². The van der Waals surface area contributed by atoms with Gasteiger partial charge in [0.2, 0.25) is 0 Å². The van der Waals surface area contributed by atoms with Gasteiger partial charge in [0, 0.05) is 22.1 Å². The maximum atomic E-state index is 5.34. The third-order valence-corrected chi connectivity index (χ3v) is 12.3. The maximum Gasteiger partial charge on any atom is 0.160 e. The summed E-state index contributed by atoms with van der Waals surface area (Å²) in [5.74, 6) is 0.700. The van der Waals surface area contributed by atoms with Crippen LogP contribution >= 0.6 is 0 Å². The molecule has 2 nitrogen and oxygen atoms in total. The van der Waals surface area contributed by atoms with Crippen molar-refractivity contribution >= 4 is 21.5 Å². The lowest BCUT2D eigenvalue weighted by Crippen LogP contribution is -2.14. The van der Waals surface area contributed by atoms with Crippen LogP contribution in [0.25, 0.3) is 100.0 Å². The molecule has 1 aliphatic carbocycles. The Morgan fingerprint density at radius 1 is 0.322 bits per heavy atom. The van der Waals surface area contributed by atoms with Crippen molar-refractivity contribution in [2.45, 2.75) is 19.3 Å². The van der Waals surface area contributed by atoms with Gasteiger partial charge in [-0.1, -0.05) is 208 Å². The third-order valence-electron chi connectivity index (χ3n) is 12.3. The predicted octanol–water partition coefficient (Wildman–Crippen LogP) is 15.1. The fraction of sp³-hybridized carbons (Fsp3) is 0.0526. The largest absolute Gasteiger partial charge is 0.228 e. The van der Waals surface area contributed by atoms with E-state index in [-0.39, 0.29) is 5.41 Å². The maximum absolute atomic E-state index is 5.34. The number of benzene rings is 9. The van der Waals surface area contributed by atoms with Gasteiger partial charge < -0.3 is 0 Å². The van der Waals surface area contributed by atoms with E-state index in [0.717, 1.165) is 39.0 Å². The van der Waals surface area contributed by atoms with Gasteiger partial charge in [0.15, 0.2) is 5.82 Å². The van der Waals surface area contributed by atoms with Crippen molar-refractivity contribution in [3.05, 3.63) is 217 Å². The van der Waals surface area contributed by atoms with Crippen LogP contribution in [0.2, 0.25) is 0 Å². The Labute approximate surface area is 345 Å². The van der Waals surface area contributed by atoms with Crippen LogP contribution in [0.15, 0.2) is 206 Å². The van der Waals surface area contributed by atoms with Crippen molar-refractivity contribution < 1.29 is 0 Å². The average Bonchev–Trinajstić information content (AvgIpc) is 3.54. The molecule has 10 aromatic rings. The Morgan fingerprint density at radius 2 is 0.814 bits per heavy atom. The van der Waals surface area contributed by atoms with Crippen molar-refractivity contribution in [3.8, 4) is 78.4 Å². The Kier molecular flexibility index (Phi) is 8.20. The zero-order valence-electron chi connectivity index (χ0n) is 33.0. The number of fused-ring (bicyclic) bond motifs is 5. The summed E-state index contributed by atoms with van der Waals surface area (Å²) in [6, 6.07) is 74.3. The van der Waals surface area contributed by atoms with Crippen molar-refractivity contribution in [2.24, 2.45) is 0 Å². The van der Waals surface area contributed by atoms with E-state index in [2.05, 4.69) is 220 Å². The molecule has 0 saturated heterocycles. The first-order valence-corrected chi connectivity index (χ1v) is 20.4. The molecule has 0 spiro atoms. The van der Waals surface area contributed by atoms with Crippen LogP contribution in [-0.4, -0.2) is 9.97 Å². The van der Waals surface area contributed by atoms with Gasteiger partial charge in [0.1, 0.15) is 0 Å². The lowest BCUT2D eigenvalue weighted by Gasteiger charge is -2.21. The van der Waals surface area contributed by atoms with Crippen LogP contribution in [0.3, 0.4) is 0 Å². The van der Waals surface area contributed by atoms with Crippen molar-refractivity contribution in [3.63, 3.8) is 0 Å². The lowest BCUT2D eigenvalue weighted by molar-refractivity contribution is 0.660. The molecular weight excluding hydrogens is 713 g/mol. The van der Waals surface area contributed by atoms with E-state index in [0.29, 0.717) is 5.82 Å². The van der Waals surface area contributed by atoms with Crippen LogP contribution in [-0.2, 0) is 5.41 Å². The Bertz CT molecular complexity index is 3230. The SMILES string of the molecule is CC1(C)c2ccccc2-c2c(-c3cccc(-c4ccc(-c5cc(-c6cccc7ccccc67)nc(-c6ccc(-c7ccccc7)cc6)n5)c5ccccc45)c3)cccc21. The summed E-state index contributed by atoms with van der Waals surface area (Å²) in [7, 11) is 0. The summed E-state index contributed by atoms with van der Waals surface area (Å²) in [6.45, 7) is 4.69. The van der Waals surface area contributed by atoms with Gasteiger partial charge in [-0.25, -0.2) is 9.97 Å². The molecule has 0 fully saturated rings. The Balaban J connectivity index is 1.06. The molecule has 1 aromatic heterocycles. The number of nitrogens with zero attached hydrogens (tertiary/aromatic N) is 2. The normalized spacial score (nSPS) is 12.7. The van der Waals surface area contributed by atoms with Crippen molar-refractivity contribution in [1.29, 1.82) is 0 Å². The predicted molar refractivity (Wildman–Crippen MR) is 247 cm³/mol.